The number of anilines is 1. The average molecular weight is 313 g/mol. The fourth-order valence-electron chi connectivity index (χ4n) is 2.16. The molecule has 0 radical (unpaired) electrons. The molecule has 3 nitrogen and oxygen atoms in total. The van der Waals surface area contributed by atoms with E-state index in [0.717, 1.165) is 5.69 Å². The summed E-state index contributed by atoms with van der Waals surface area (Å²) < 4.78 is 0. The molecule has 0 spiro atoms. The predicted molar refractivity (Wildman–Crippen MR) is 97.2 cm³/mol. The summed E-state index contributed by atoms with van der Waals surface area (Å²) in [5.74, 6) is 0. The Bertz CT molecular complexity index is 615. The maximum atomic E-state index is 5.35. The van der Waals surface area contributed by atoms with Crippen LogP contribution in [0, 0.1) is 0 Å². The van der Waals surface area contributed by atoms with E-state index in [-0.39, 0.29) is 11.5 Å². The van der Waals surface area contributed by atoms with Gasteiger partial charge in [-0.05, 0) is 47.8 Å². The minimum absolute atomic E-state index is 0.144. The molecule has 1 aromatic heterocycles. The first-order chi connectivity index (χ1) is 10.4. The molecule has 0 unspecified atom stereocenters. The second-order valence-corrected chi connectivity index (χ2v) is 6.84. The third-order valence-corrected chi connectivity index (χ3v) is 3.76. The molecule has 2 N–H and O–H groups in total. The molecule has 0 bridgehead atoms. The number of aromatic nitrogens is 1. The molecule has 1 heterocycles. The Morgan fingerprint density at radius 1 is 1.14 bits per heavy atom. The Labute approximate surface area is 138 Å². The zero-order chi connectivity index (χ0) is 16.2. The van der Waals surface area contributed by atoms with Gasteiger partial charge in [-0.15, -0.1) is 0 Å². The molecular formula is C18H23N3S. The first-order valence-electron chi connectivity index (χ1n) is 7.44. The molecule has 2 aromatic rings. The SMILES string of the molecule is C[C@H](NC(=S)Nc1cccnc1)c1ccc(C(C)(C)C)cc1. The third kappa shape index (κ3) is 4.53. The van der Waals surface area contributed by atoms with Crippen LogP contribution in [0.1, 0.15) is 44.9 Å². The van der Waals surface area contributed by atoms with Gasteiger partial charge in [-0.3, -0.25) is 4.98 Å². The number of thiocarbonyl (C=S) groups is 1. The van der Waals surface area contributed by atoms with Gasteiger partial charge in [-0.2, -0.15) is 0 Å². The van der Waals surface area contributed by atoms with E-state index in [1.807, 2.05) is 12.1 Å². The van der Waals surface area contributed by atoms with E-state index < -0.39 is 0 Å². The minimum Gasteiger partial charge on any atom is -0.356 e. The second kappa shape index (κ2) is 6.88. The summed E-state index contributed by atoms with van der Waals surface area (Å²) in [6.45, 7) is 8.76. The van der Waals surface area contributed by atoms with Gasteiger partial charge in [0.15, 0.2) is 5.11 Å². The lowest BCUT2D eigenvalue weighted by atomic mass is 9.86. The van der Waals surface area contributed by atoms with E-state index in [2.05, 4.69) is 67.6 Å². The van der Waals surface area contributed by atoms with Gasteiger partial charge in [0.25, 0.3) is 0 Å². The Hall–Kier alpha value is -1.94. The molecule has 0 aliphatic rings. The molecule has 4 heteroatoms. The summed E-state index contributed by atoms with van der Waals surface area (Å²) in [6, 6.07) is 12.6. The molecular weight excluding hydrogens is 290 g/mol. The molecule has 0 aliphatic carbocycles. The molecule has 22 heavy (non-hydrogen) atoms. The summed E-state index contributed by atoms with van der Waals surface area (Å²) in [5.41, 5.74) is 3.60. The quantitative estimate of drug-likeness (QED) is 0.822. The summed E-state index contributed by atoms with van der Waals surface area (Å²) >= 11 is 5.35. The van der Waals surface area contributed by atoms with E-state index in [9.17, 15) is 0 Å². The Kier molecular flexibility index (Phi) is 5.14. The van der Waals surface area contributed by atoms with Crippen molar-refractivity contribution in [1.82, 2.24) is 10.3 Å². The number of nitrogens with zero attached hydrogens (tertiary/aromatic N) is 1. The Morgan fingerprint density at radius 2 is 1.82 bits per heavy atom. The van der Waals surface area contributed by atoms with Crippen LogP contribution in [0.25, 0.3) is 0 Å². The third-order valence-electron chi connectivity index (χ3n) is 3.54. The maximum Gasteiger partial charge on any atom is 0.171 e. The monoisotopic (exact) mass is 313 g/mol. The molecule has 0 aliphatic heterocycles. The number of hydrogen-bond acceptors (Lipinski definition) is 2. The van der Waals surface area contributed by atoms with Crippen molar-refractivity contribution < 1.29 is 0 Å². The standard InChI is InChI=1S/C18H23N3S/c1-13(14-7-9-15(10-8-14)18(2,3)4)20-17(22)21-16-6-5-11-19-12-16/h5-13H,1-4H3,(H2,20,21,22)/t13-/m0/s1. The lowest BCUT2D eigenvalue weighted by molar-refractivity contribution is 0.589. The lowest BCUT2D eigenvalue weighted by Crippen LogP contribution is -2.30. The van der Waals surface area contributed by atoms with Crippen LogP contribution in [0.15, 0.2) is 48.8 Å². The zero-order valence-electron chi connectivity index (χ0n) is 13.6. The van der Waals surface area contributed by atoms with E-state index >= 15 is 0 Å². The molecule has 116 valence electrons. The molecule has 0 fully saturated rings. The fourth-order valence-corrected chi connectivity index (χ4v) is 2.45. The van der Waals surface area contributed by atoms with E-state index in [1.54, 1.807) is 12.4 Å². The highest BCUT2D eigenvalue weighted by atomic mass is 32.1. The van der Waals surface area contributed by atoms with Crippen molar-refractivity contribution in [2.45, 2.75) is 39.2 Å². The molecule has 1 aromatic carbocycles. The summed E-state index contributed by atoms with van der Waals surface area (Å²) in [6.07, 6.45) is 3.48. The number of hydrogen-bond donors (Lipinski definition) is 2. The first kappa shape index (κ1) is 16.4. The van der Waals surface area contributed by atoms with Crippen LogP contribution in [0.5, 0.6) is 0 Å². The average Bonchev–Trinajstić information content (AvgIpc) is 2.47. The number of benzene rings is 1. The van der Waals surface area contributed by atoms with Gasteiger partial charge in [0.05, 0.1) is 17.9 Å². The van der Waals surface area contributed by atoms with Crippen LogP contribution in [0.2, 0.25) is 0 Å². The van der Waals surface area contributed by atoms with Gasteiger partial charge in [0.1, 0.15) is 0 Å². The highest BCUT2D eigenvalue weighted by Gasteiger charge is 2.14. The molecule has 2 rings (SSSR count). The van der Waals surface area contributed by atoms with Gasteiger partial charge >= 0.3 is 0 Å². The van der Waals surface area contributed by atoms with Crippen LogP contribution in [-0.2, 0) is 5.41 Å². The summed E-state index contributed by atoms with van der Waals surface area (Å²) in [5, 5.41) is 7.03. The molecule has 1 atom stereocenters. The highest BCUT2D eigenvalue weighted by molar-refractivity contribution is 7.80. The summed E-state index contributed by atoms with van der Waals surface area (Å²) in [4.78, 5) is 4.06. The van der Waals surface area contributed by atoms with E-state index in [1.165, 1.54) is 11.1 Å². The predicted octanol–water partition coefficient (Wildman–Crippen LogP) is 4.43. The van der Waals surface area contributed by atoms with Crippen LogP contribution in [-0.4, -0.2) is 10.1 Å². The number of rotatable bonds is 3. The number of pyridine rings is 1. The molecule has 0 saturated carbocycles. The maximum absolute atomic E-state index is 5.35. The van der Waals surface area contributed by atoms with Crippen LogP contribution in [0.4, 0.5) is 5.69 Å². The van der Waals surface area contributed by atoms with Gasteiger partial charge in [-0.25, -0.2) is 0 Å². The van der Waals surface area contributed by atoms with Gasteiger partial charge < -0.3 is 10.6 Å². The summed E-state index contributed by atoms with van der Waals surface area (Å²) in [7, 11) is 0. The van der Waals surface area contributed by atoms with Crippen LogP contribution < -0.4 is 10.6 Å². The van der Waals surface area contributed by atoms with Crippen molar-refractivity contribution in [2.24, 2.45) is 0 Å². The Morgan fingerprint density at radius 3 is 2.36 bits per heavy atom. The smallest absolute Gasteiger partial charge is 0.171 e. The molecule has 0 saturated heterocycles. The van der Waals surface area contributed by atoms with Crippen molar-refractivity contribution >= 4 is 23.0 Å². The Balaban J connectivity index is 1.97. The van der Waals surface area contributed by atoms with Crippen molar-refractivity contribution in [3.05, 3.63) is 59.9 Å². The van der Waals surface area contributed by atoms with Crippen molar-refractivity contribution in [3.63, 3.8) is 0 Å². The number of nitrogens with one attached hydrogen (secondary N) is 2. The normalized spacial score (nSPS) is 12.5. The van der Waals surface area contributed by atoms with E-state index in [0.29, 0.717) is 5.11 Å². The van der Waals surface area contributed by atoms with Crippen LogP contribution in [0.3, 0.4) is 0 Å². The van der Waals surface area contributed by atoms with Gasteiger partial charge in [0.2, 0.25) is 0 Å². The van der Waals surface area contributed by atoms with Crippen LogP contribution >= 0.6 is 12.2 Å². The van der Waals surface area contributed by atoms with Crippen molar-refractivity contribution in [1.29, 1.82) is 0 Å². The van der Waals surface area contributed by atoms with Gasteiger partial charge in [0, 0.05) is 6.20 Å². The molecule has 0 amide bonds. The zero-order valence-corrected chi connectivity index (χ0v) is 14.4. The van der Waals surface area contributed by atoms with Gasteiger partial charge in [-0.1, -0.05) is 45.0 Å². The highest BCUT2D eigenvalue weighted by Crippen LogP contribution is 2.23. The fraction of sp³-hybridized carbons (Fsp3) is 0.333. The largest absolute Gasteiger partial charge is 0.356 e. The second-order valence-electron chi connectivity index (χ2n) is 6.43. The lowest BCUT2D eigenvalue weighted by Gasteiger charge is -2.21. The minimum atomic E-state index is 0.144. The topological polar surface area (TPSA) is 37.0 Å². The van der Waals surface area contributed by atoms with E-state index in [4.69, 9.17) is 12.2 Å². The first-order valence-corrected chi connectivity index (χ1v) is 7.85. The van der Waals surface area contributed by atoms with Crippen molar-refractivity contribution in [2.75, 3.05) is 5.32 Å². The van der Waals surface area contributed by atoms with Crippen molar-refractivity contribution in [3.8, 4) is 0 Å².